The molecule has 9 heteroatoms. The fourth-order valence-electron chi connectivity index (χ4n) is 3.87. The van der Waals surface area contributed by atoms with Crippen molar-refractivity contribution >= 4 is 9.84 Å². The van der Waals surface area contributed by atoms with Gasteiger partial charge in [0.05, 0.1) is 17.1 Å². The van der Waals surface area contributed by atoms with E-state index in [-0.39, 0.29) is 35.7 Å². The molecule has 4 nitrogen and oxygen atoms in total. The lowest BCUT2D eigenvalue weighted by Crippen LogP contribution is -2.58. The highest BCUT2D eigenvalue weighted by atomic mass is 32.2. The Morgan fingerprint density at radius 1 is 1.12 bits per heavy atom. The van der Waals surface area contributed by atoms with Gasteiger partial charge in [0.15, 0.2) is 9.84 Å². The number of hydrogen-bond acceptors (Lipinski definition) is 4. The minimum atomic E-state index is -4.57. The lowest BCUT2D eigenvalue weighted by molar-refractivity contribution is -0.138. The van der Waals surface area contributed by atoms with E-state index in [1.54, 1.807) is 4.90 Å². The number of fused-ring (bicyclic) bond motifs is 1. The van der Waals surface area contributed by atoms with Crippen LogP contribution in [0.4, 0.5) is 17.6 Å². The monoisotopic (exact) mass is 380 g/mol. The van der Waals surface area contributed by atoms with E-state index in [2.05, 4.69) is 4.90 Å². The van der Waals surface area contributed by atoms with Crippen molar-refractivity contribution in [3.63, 3.8) is 0 Å². The molecule has 0 aliphatic carbocycles. The van der Waals surface area contributed by atoms with Gasteiger partial charge in [-0.1, -0.05) is 6.92 Å². The van der Waals surface area contributed by atoms with E-state index in [9.17, 15) is 26.0 Å². The van der Waals surface area contributed by atoms with Gasteiger partial charge in [0, 0.05) is 31.7 Å². The normalized spacial score (nSPS) is 27.4. The maximum Gasteiger partial charge on any atom is 0.416 e. The first-order valence-electron chi connectivity index (χ1n) is 8.15. The van der Waals surface area contributed by atoms with Crippen molar-refractivity contribution in [2.75, 3.05) is 31.1 Å². The molecule has 2 saturated heterocycles. The molecule has 0 bridgehead atoms. The summed E-state index contributed by atoms with van der Waals surface area (Å²) in [7, 11) is -3.22. The molecule has 2 aliphatic rings. The summed E-state index contributed by atoms with van der Waals surface area (Å²) in [6.45, 7) is 3.56. The number of benzene rings is 1. The van der Waals surface area contributed by atoms with Gasteiger partial charge >= 0.3 is 6.18 Å². The largest absolute Gasteiger partial charge is 0.416 e. The van der Waals surface area contributed by atoms with Crippen molar-refractivity contribution in [3.8, 4) is 0 Å². The molecule has 0 radical (unpaired) electrons. The second-order valence-corrected chi connectivity index (χ2v) is 8.76. The van der Waals surface area contributed by atoms with Crippen LogP contribution in [0.25, 0.3) is 0 Å². The lowest BCUT2D eigenvalue weighted by Gasteiger charge is -2.43. The molecule has 2 atom stereocenters. The van der Waals surface area contributed by atoms with Crippen LogP contribution in [0.3, 0.4) is 0 Å². The molecule has 0 saturated carbocycles. The van der Waals surface area contributed by atoms with Gasteiger partial charge in [0.25, 0.3) is 0 Å². The first kappa shape index (κ1) is 18.6. The Balaban J connectivity index is 1.90. The summed E-state index contributed by atoms with van der Waals surface area (Å²) in [5.74, 6) is -0.770. The van der Waals surface area contributed by atoms with Crippen LogP contribution in [-0.2, 0) is 22.6 Å². The summed E-state index contributed by atoms with van der Waals surface area (Å²) in [5.41, 5.74) is -1.02. The van der Waals surface area contributed by atoms with Gasteiger partial charge in [-0.3, -0.25) is 9.80 Å². The highest BCUT2D eigenvalue weighted by molar-refractivity contribution is 7.91. The van der Waals surface area contributed by atoms with E-state index < -0.39 is 27.4 Å². The Morgan fingerprint density at radius 3 is 2.32 bits per heavy atom. The zero-order valence-electron chi connectivity index (χ0n) is 13.8. The van der Waals surface area contributed by atoms with E-state index >= 15 is 0 Å². The third-order valence-corrected chi connectivity index (χ3v) is 6.76. The Labute approximate surface area is 144 Å². The molecule has 2 fully saturated rings. The summed E-state index contributed by atoms with van der Waals surface area (Å²) in [6, 6.07) is 1.86. The molecular formula is C16H20F4N2O2S. The number of sulfone groups is 1. The number of hydrogen-bond donors (Lipinski definition) is 0. The molecule has 0 aromatic heterocycles. The van der Waals surface area contributed by atoms with Gasteiger partial charge in [-0.15, -0.1) is 0 Å². The maximum absolute atomic E-state index is 13.5. The van der Waals surface area contributed by atoms with Crippen LogP contribution in [-0.4, -0.2) is 61.4 Å². The number of alkyl halides is 3. The molecule has 25 heavy (non-hydrogen) atoms. The number of piperazine rings is 1. The fourth-order valence-corrected chi connectivity index (χ4v) is 5.92. The summed E-state index contributed by atoms with van der Waals surface area (Å²) >= 11 is 0. The number of rotatable bonds is 3. The quantitative estimate of drug-likeness (QED) is 0.754. The van der Waals surface area contributed by atoms with Crippen LogP contribution in [0.2, 0.25) is 0 Å². The van der Waals surface area contributed by atoms with Gasteiger partial charge < -0.3 is 0 Å². The second kappa shape index (κ2) is 6.51. The summed E-state index contributed by atoms with van der Waals surface area (Å²) in [5, 5.41) is 0. The van der Waals surface area contributed by atoms with Crippen molar-refractivity contribution in [2.45, 2.75) is 31.7 Å². The Hall–Kier alpha value is -1.19. The first-order chi connectivity index (χ1) is 11.6. The fraction of sp³-hybridized carbons (Fsp3) is 0.625. The Kier molecular flexibility index (Phi) is 4.85. The Morgan fingerprint density at radius 2 is 1.72 bits per heavy atom. The van der Waals surface area contributed by atoms with E-state index in [1.165, 1.54) is 0 Å². The zero-order valence-corrected chi connectivity index (χ0v) is 14.6. The average molecular weight is 380 g/mol. The number of halogens is 4. The van der Waals surface area contributed by atoms with Gasteiger partial charge in [-0.2, -0.15) is 13.2 Å². The predicted molar refractivity (Wildman–Crippen MR) is 85.3 cm³/mol. The minimum Gasteiger partial charge on any atom is -0.297 e. The van der Waals surface area contributed by atoms with Gasteiger partial charge in [-0.05, 0) is 30.3 Å². The standard InChI is InChI=1S/C16H20F4N2O2S/c1-2-21-5-6-22(15-10-25(23,24)9-14(15)21)8-11-7-12(17)3-4-13(11)16(18,19)20/h3-4,7,14-15H,2,5-6,8-10H2,1H3. The van der Waals surface area contributed by atoms with Gasteiger partial charge in [0.2, 0.25) is 0 Å². The van der Waals surface area contributed by atoms with Crippen molar-refractivity contribution in [1.82, 2.24) is 9.80 Å². The summed E-state index contributed by atoms with van der Waals surface area (Å²) in [6.07, 6.45) is -4.57. The van der Waals surface area contributed by atoms with Crippen LogP contribution in [0.1, 0.15) is 18.1 Å². The summed E-state index contributed by atoms with van der Waals surface area (Å²) in [4.78, 5) is 3.81. The third-order valence-electron chi connectivity index (χ3n) is 5.06. The molecule has 0 amide bonds. The molecule has 2 heterocycles. The molecule has 140 valence electrons. The van der Waals surface area contributed by atoms with E-state index in [4.69, 9.17) is 0 Å². The lowest BCUT2D eigenvalue weighted by atomic mass is 10.0. The smallest absolute Gasteiger partial charge is 0.297 e. The Bertz CT molecular complexity index is 751. The van der Waals surface area contributed by atoms with E-state index in [0.29, 0.717) is 19.6 Å². The topological polar surface area (TPSA) is 40.6 Å². The van der Waals surface area contributed by atoms with E-state index in [1.807, 2.05) is 6.92 Å². The molecule has 0 N–H and O–H groups in total. The van der Waals surface area contributed by atoms with Crippen molar-refractivity contribution in [3.05, 3.63) is 35.1 Å². The number of likely N-dealkylation sites (N-methyl/N-ethyl adjacent to an activating group) is 1. The van der Waals surface area contributed by atoms with Crippen LogP contribution >= 0.6 is 0 Å². The molecule has 0 spiro atoms. The number of nitrogens with zero attached hydrogens (tertiary/aromatic N) is 2. The molecular weight excluding hydrogens is 360 g/mol. The second-order valence-electron chi connectivity index (χ2n) is 6.61. The minimum absolute atomic E-state index is 0.0251. The van der Waals surface area contributed by atoms with Crippen molar-refractivity contribution in [1.29, 1.82) is 0 Å². The van der Waals surface area contributed by atoms with E-state index in [0.717, 1.165) is 18.2 Å². The molecule has 3 rings (SSSR count). The van der Waals surface area contributed by atoms with Crippen molar-refractivity contribution < 1.29 is 26.0 Å². The predicted octanol–water partition coefficient (Wildman–Crippen LogP) is 2.15. The average Bonchev–Trinajstić information content (AvgIpc) is 2.82. The van der Waals surface area contributed by atoms with Crippen LogP contribution in [0.15, 0.2) is 18.2 Å². The van der Waals surface area contributed by atoms with Crippen LogP contribution in [0.5, 0.6) is 0 Å². The SMILES string of the molecule is CCN1CCN(Cc2cc(F)ccc2C(F)(F)F)C2CS(=O)(=O)CC21. The van der Waals surface area contributed by atoms with Gasteiger partial charge in [0.1, 0.15) is 5.82 Å². The summed E-state index contributed by atoms with van der Waals surface area (Å²) < 4.78 is 77.2. The zero-order chi connectivity index (χ0) is 18.4. The maximum atomic E-state index is 13.5. The van der Waals surface area contributed by atoms with Gasteiger partial charge in [-0.25, -0.2) is 12.8 Å². The highest BCUT2D eigenvalue weighted by Gasteiger charge is 2.46. The molecule has 1 aromatic carbocycles. The molecule has 1 aromatic rings. The first-order valence-corrected chi connectivity index (χ1v) is 9.97. The molecule has 2 unspecified atom stereocenters. The van der Waals surface area contributed by atoms with Crippen molar-refractivity contribution in [2.24, 2.45) is 0 Å². The molecule has 2 aliphatic heterocycles. The van der Waals surface area contributed by atoms with Crippen LogP contribution in [0, 0.1) is 5.82 Å². The highest BCUT2D eigenvalue weighted by Crippen LogP contribution is 2.34. The third kappa shape index (κ3) is 3.83. The van der Waals surface area contributed by atoms with Crippen LogP contribution < -0.4 is 0 Å².